The predicted octanol–water partition coefficient (Wildman–Crippen LogP) is 4.31. The van der Waals surface area contributed by atoms with Crippen molar-refractivity contribution in [2.24, 2.45) is 0 Å². The Balaban J connectivity index is 1.62. The molecule has 0 N–H and O–H groups in total. The van der Waals surface area contributed by atoms with Gasteiger partial charge in [-0.25, -0.2) is 9.37 Å². The molecule has 4 aromatic rings. The second-order valence-electron chi connectivity index (χ2n) is 6.91. The van der Waals surface area contributed by atoms with E-state index in [1.54, 1.807) is 17.0 Å². The van der Waals surface area contributed by atoms with Crippen LogP contribution in [0.15, 0.2) is 71.1 Å². The van der Waals surface area contributed by atoms with Crippen LogP contribution in [0.1, 0.15) is 12.5 Å². The molecule has 0 atom stereocenters. The molecule has 0 aliphatic carbocycles. The van der Waals surface area contributed by atoms with Gasteiger partial charge in [0.15, 0.2) is 0 Å². The second kappa shape index (κ2) is 8.59. The standard InChI is InChI=1S/C23H20FN3O2S/c1-2-26(12-16-7-6-10-18(24)11-16)20(28)13-27-15-25-22-21(23(27)29)19(14-30-22)17-8-4-3-5-9-17/h3-11,14-15H,2,12-13H2,1H3. The third-order valence-corrected chi connectivity index (χ3v) is 5.83. The molecule has 7 heteroatoms. The number of fused-ring (bicyclic) bond motifs is 1. The lowest BCUT2D eigenvalue weighted by molar-refractivity contribution is -0.132. The van der Waals surface area contributed by atoms with Gasteiger partial charge < -0.3 is 4.90 Å². The Bertz CT molecular complexity index is 1250. The van der Waals surface area contributed by atoms with Crippen molar-refractivity contribution in [3.63, 3.8) is 0 Å². The summed E-state index contributed by atoms with van der Waals surface area (Å²) >= 11 is 1.41. The van der Waals surface area contributed by atoms with E-state index < -0.39 is 0 Å². The van der Waals surface area contributed by atoms with Crippen LogP contribution in [0.3, 0.4) is 0 Å². The highest BCUT2D eigenvalue weighted by Gasteiger charge is 2.17. The van der Waals surface area contributed by atoms with E-state index in [0.717, 1.165) is 11.1 Å². The summed E-state index contributed by atoms with van der Waals surface area (Å²) in [5.41, 5.74) is 2.22. The first-order chi connectivity index (χ1) is 14.6. The molecule has 152 valence electrons. The zero-order valence-electron chi connectivity index (χ0n) is 16.4. The summed E-state index contributed by atoms with van der Waals surface area (Å²) in [6, 6.07) is 15.8. The Labute approximate surface area is 177 Å². The van der Waals surface area contributed by atoms with Gasteiger partial charge in [0.05, 0.1) is 11.7 Å². The quantitative estimate of drug-likeness (QED) is 0.466. The van der Waals surface area contributed by atoms with Crippen LogP contribution in [0.5, 0.6) is 0 Å². The highest BCUT2D eigenvalue weighted by Crippen LogP contribution is 2.30. The molecule has 4 rings (SSSR count). The predicted molar refractivity (Wildman–Crippen MR) is 117 cm³/mol. The normalized spacial score (nSPS) is 11.0. The molecule has 1 amide bonds. The molecule has 2 aromatic heterocycles. The molecule has 30 heavy (non-hydrogen) atoms. The smallest absolute Gasteiger partial charge is 0.263 e. The Morgan fingerprint density at radius 1 is 1.17 bits per heavy atom. The fraction of sp³-hybridized carbons (Fsp3) is 0.174. The first-order valence-corrected chi connectivity index (χ1v) is 10.5. The van der Waals surface area contributed by atoms with Gasteiger partial charge >= 0.3 is 0 Å². The number of carbonyl (C=O) groups is 1. The largest absolute Gasteiger partial charge is 0.337 e. The number of carbonyl (C=O) groups excluding carboxylic acids is 1. The molecular formula is C23H20FN3O2S. The van der Waals surface area contributed by atoms with E-state index in [4.69, 9.17) is 0 Å². The molecule has 0 fully saturated rings. The van der Waals surface area contributed by atoms with Crippen molar-refractivity contribution < 1.29 is 9.18 Å². The molecule has 0 bridgehead atoms. The van der Waals surface area contributed by atoms with Crippen LogP contribution in [0.4, 0.5) is 4.39 Å². The fourth-order valence-corrected chi connectivity index (χ4v) is 4.29. The van der Waals surface area contributed by atoms with Gasteiger partial charge in [0.1, 0.15) is 17.2 Å². The molecule has 0 unspecified atom stereocenters. The summed E-state index contributed by atoms with van der Waals surface area (Å²) in [5, 5.41) is 2.44. The topological polar surface area (TPSA) is 55.2 Å². The molecule has 2 aromatic carbocycles. The molecule has 0 radical (unpaired) electrons. The maximum Gasteiger partial charge on any atom is 0.263 e. The molecule has 0 saturated carbocycles. The van der Waals surface area contributed by atoms with Crippen molar-refractivity contribution >= 4 is 27.5 Å². The van der Waals surface area contributed by atoms with E-state index in [-0.39, 0.29) is 30.4 Å². The summed E-state index contributed by atoms with van der Waals surface area (Å²) in [4.78, 5) is 32.6. The SMILES string of the molecule is CCN(Cc1cccc(F)c1)C(=O)Cn1cnc2scc(-c3ccccc3)c2c1=O. The first kappa shape index (κ1) is 20.0. The lowest BCUT2D eigenvalue weighted by Gasteiger charge is -2.21. The van der Waals surface area contributed by atoms with E-state index >= 15 is 0 Å². The maximum absolute atomic E-state index is 13.5. The minimum atomic E-state index is -0.340. The van der Waals surface area contributed by atoms with Crippen molar-refractivity contribution in [3.8, 4) is 11.1 Å². The van der Waals surface area contributed by atoms with Crippen LogP contribution in [-0.2, 0) is 17.9 Å². The van der Waals surface area contributed by atoms with E-state index in [1.165, 1.54) is 34.4 Å². The number of amides is 1. The average molecular weight is 421 g/mol. The number of hydrogen-bond acceptors (Lipinski definition) is 4. The van der Waals surface area contributed by atoms with Gasteiger partial charge in [-0.3, -0.25) is 14.2 Å². The van der Waals surface area contributed by atoms with Gasteiger partial charge in [-0.2, -0.15) is 0 Å². The minimum Gasteiger partial charge on any atom is -0.337 e. The van der Waals surface area contributed by atoms with Crippen molar-refractivity contribution in [1.29, 1.82) is 0 Å². The molecule has 0 aliphatic heterocycles. The highest BCUT2D eigenvalue weighted by atomic mass is 32.1. The Kier molecular flexibility index (Phi) is 5.72. The molecular weight excluding hydrogens is 401 g/mol. The molecule has 0 saturated heterocycles. The van der Waals surface area contributed by atoms with Crippen LogP contribution in [0.25, 0.3) is 21.3 Å². The van der Waals surface area contributed by atoms with Gasteiger partial charge in [0.2, 0.25) is 5.91 Å². The second-order valence-corrected chi connectivity index (χ2v) is 7.77. The third kappa shape index (κ3) is 4.02. The molecule has 0 aliphatic rings. The van der Waals surface area contributed by atoms with Crippen LogP contribution < -0.4 is 5.56 Å². The summed E-state index contributed by atoms with van der Waals surface area (Å²) in [6.07, 6.45) is 1.42. The van der Waals surface area contributed by atoms with E-state index in [1.807, 2.05) is 42.6 Å². The molecule has 2 heterocycles. The number of halogens is 1. The fourth-order valence-electron chi connectivity index (χ4n) is 3.39. The lowest BCUT2D eigenvalue weighted by atomic mass is 10.1. The van der Waals surface area contributed by atoms with Gasteiger partial charge in [-0.15, -0.1) is 11.3 Å². The maximum atomic E-state index is 13.5. The number of hydrogen-bond donors (Lipinski definition) is 0. The number of likely N-dealkylation sites (N-methyl/N-ethyl adjacent to an activating group) is 1. The lowest BCUT2D eigenvalue weighted by Crippen LogP contribution is -2.36. The minimum absolute atomic E-state index is 0.116. The van der Waals surface area contributed by atoms with Gasteiger partial charge in [-0.05, 0) is 30.2 Å². The number of thiophene rings is 1. The van der Waals surface area contributed by atoms with Crippen LogP contribution in [-0.4, -0.2) is 26.9 Å². The van der Waals surface area contributed by atoms with Gasteiger partial charge in [0.25, 0.3) is 5.56 Å². The van der Waals surface area contributed by atoms with Crippen LogP contribution >= 0.6 is 11.3 Å². The van der Waals surface area contributed by atoms with E-state index in [0.29, 0.717) is 22.3 Å². The monoisotopic (exact) mass is 421 g/mol. The van der Waals surface area contributed by atoms with Crippen molar-refractivity contribution in [2.45, 2.75) is 20.0 Å². The van der Waals surface area contributed by atoms with Crippen LogP contribution in [0, 0.1) is 5.82 Å². The van der Waals surface area contributed by atoms with Crippen LogP contribution in [0.2, 0.25) is 0 Å². The summed E-state index contributed by atoms with van der Waals surface area (Å²) in [7, 11) is 0. The number of aromatic nitrogens is 2. The first-order valence-electron chi connectivity index (χ1n) is 9.61. The number of benzene rings is 2. The number of nitrogens with zero attached hydrogens (tertiary/aromatic N) is 3. The van der Waals surface area contributed by atoms with E-state index in [9.17, 15) is 14.0 Å². The van der Waals surface area contributed by atoms with Gasteiger partial charge in [-0.1, -0.05) is 42.5 Å². The Hall–Kier alpha value is -3.32. The highest BCUT2D eigenvalue weighted by molar-refractivity contribution is 7.17. The summed E-state index contributed by atoms with van der Waals surface area (Å²) in [5.74, 6) is -0.561. The Morgan fingerprint density at radius 3 is 2.70 bits per heavy atom. The Morgan fingerprint density at radius 2 is 1.97 bits per heavy atom. The van der Waals surface area contributed by atoms with Gasteiger partial charge in [0, 0.05) is 24.0 Å². The zero-order chi connectivity index (χ0) is 21.1. The summed E-state index contributed by atoms with van der Waals surface area (Å²) in [6.45, 7) is 2.47. The number of rotatable bonds is 6. The van der Waals surface area contributed by atoms with E-state index in [2.05, 4.69) is 4.98 Å². The zero-order valence-corrected chi connectivity index (χ0v) is 17.2. The summed E-state index contributed by atoms with van der Waals surface area (Å²) < 4.78 is 14.8. The average Bonchev–Trinajstić information content (AvgIpc) is 3.19. The third-order valence-electron chi connectivity index (χ3n) is 4.95. The molecule has 5 nitrogen and oxygen atoms in total. The van der Waals surface area contributed by atoms with Crippen molar-refractivity contribution in [1.82, 2.24) is 14.5 Å². The van der Waals surface area contributed by atoms with Crippen molar-refractivity contribution in [2.75, 3.05) is 6.54 Å². The van der Waals surface area contributed by atoms with Crippen molar-refractivity contribution in [3.05, 3.63) is 88.0 Å². The molecule has 0 spiro atoms.